The van der Waals surface area contributed by atoms with Gasteiger partial charge in [-0.1, -0.05) is 41.4 Å². The molecule has 2 aliphatic heterocycles. The van der Waals surface area contributed by atoms with Gasteiger partial charge in [-0.2, -0.15) is 0 Å². The Kier molecular flexibility index (Phi) is 17.6. The van der Waals surface area contributed by atoms with E-state index >= 15 is 0 Å². The molecule has 0 spiro atoms. The quantitative estimate of drug-likeness (QED) is 0.148. The van der Waals surface area contributed by atoms with Gasteiger partial charge in [-0.05, 0) is 107 Å². The Hall–Kier alpha value is -4.50. The van der Waals surface area contributed by atoms with Crippen LogP contribution < -0.4 is 4.74 Å². The van der Waals surface area contributed by atoms with Crippen molar-refractivity contribution in [3.8, 4) is 22.8 Å². The van der Waals surface area contributed by atoms with E-state index in [-0.39, 0.29) is 62.5 Å². The third-order valence-corrected chi connectivity index (χ3v) is 12.7. The van der Waals surface area contributed by atoms with Crippen LogP contribution in [0.2, 0.25) is 10.0 Å². The number of likely N-dealkylation sites (tertiary alicyclic amines) is 1. The van der Waals surface area contributed by atoms with Crippen molar-refractivity contribution in [2.45, 2.75) is 70.2 Å². The number of benzene rings is 3. The molecule has 3 amide bonds. The first-order valence-corrected chi connectivity index (χ1v) is 21.9. The molecule has 2 fully saturated rings. The molecule has 4 aromatic rings. The van der Waals surface area contributed by atoms with Crippen LogP contribution in [0.4, 0.5) is 0 Å². The fourth-order valence-corrected chi connectivity index (χ4v) is 8.62. The van der Waals surface area contributed by atoms with Crippen molar-refractivity contribution >= 4 is 59.1 Å². The lowest BCUT2D eigenvalue weighted by Gasteiger charge is -2.37. The average molecular weight is 925 g/mol. The summed E-state index contributed by atoms with van der Waals surface area (Å²) in [6.07, 6.45) is 4.42. The van der Waals surface area contributed by atoms with E-state index in [1.54, 1.807) is 80.1 Å². The van der Waals surface area contributed by atoms with Crippen molar-refractivity contribution in [1.82, 2.24) is 34.1 Å². The lowest BCUT2D eigenvalue weighted by molar-refractivity contribution is -0.148. The number of amides is 3. The molecule has 0 unspecified atom stereocenters. The van der Waals surface area contributed by atoms with Gasteiger partial charge in [-0.25, -0.2) is 4.98 Å². The van der Waals surface area contributed by atoms with Crippen molar-refractivity contribution in [3.05, 3.63) is 99.9 Å². The summed E-state index contributed by atoms with van der Waals surface area (Å²) in [5, 5.41) is 1.02. The van der Waals surface area contributed by atoms with Crippen molar-refractivity contribution in [2.24, 2.45) is 13.0 Å². The summed E-state index contributed by atoms with van der Waals surface area (Å²) in [4.78, 5) is 71.0. The van der Waals surface area contributed by atoms with Crippen LogP contribution in [0.15, 0.2) is 72.9 Å². The van der Waals surface area contributed by atoms with Crippen LogP contribution in [0, 0.1) is 5.92 Å². The molecule has 3 aromatic carbocycles. The third-order valence-electron chi connectivity index (χ3n) is 12.2. The van der Waals surface area contributed by atoms with Gasteiger partial charge in [0.15, 0.2) is 5.78 Å². The molecular weight excluding hydrogens is 865 g/mol. The molecule has 1 aromatic heterocycles. The van der Waals surface area contributed by atoms with E-state index in [0.29, 0.717) is 33.5 Å². The summed E-state index contributed by atoms with van der Waals surface area (Å²) in [5.74, 6) is -0.161. The van der Waals surface area contributed by atoms with Gasteiger partial charge in [-0.3, -0.25) is 29.0 Å². The van der Waals surface area contributed by atoms with Crippen LogP contribution in [-0.4, -0.2) is 137 Å². The van der Waals surface area contributed by atoms with E-state index in [2.05, 4.69) is 9.47 Å². The molecule has 6 rings (SSSR count). The molecule has 16 heteroatoms. The number of rotatable bonds is 12. The topological polar surface area (TPSA) is 121 Å². The number of likely N-dealkylation sites (N-methyl/N-ethyl adjacent to an activating group) is 3. The highest BCUT2D eigenvalue weighted by Crippen LogP contribution is 2.33. The Balaban J connectivity index is 0.00000748. The number of ketones is 1. The summed E-state index contributed by atoms with van der Waals surface area (Å²) in [7, 11) is 10.4. The molecule has 0 bridgehead atoms. The number of imidazole rings is 1. The number of carbonyl (C=O) groups is 4. The number of halogens is 3. The van der Waals surface area contributed by atoms with Crippen LogP contribution >= 0.6 is 35.6 Å². The summed E-state index contributed by atoms with van der Waals surface area (Å²) in [5.41, 5.74) is 3.51. The van der Waals surface area contributed by atoms with Gasteiger partial charge in [0, 0.05) is 62.4 Å². The minimum absolute atomic E-state index is 0. The van der Waals surface area contributed by atoms with E-state index in [1.165, 1.54) is 24.9 Å². The Morgan fingerprint density at radius 1 is 0.841 bits per heavy atom. The van der Waals surface area contributed by atoms with E-state index in [9.17, 15) is 19.2 Å². The van der Waals surface area contributed by atoms with Crippen LogP contribution in [0.1, 0.15) is 49.6 Å². The molecule has 0 aliphatic carbocycles. The Bertz CT molecular complexity index is 2200. The number of ether oxygens (including phenoxy) is 2. The zero-order valence-electron chi connectivity index (χ0n) is 37.3. The fraction of sp³-hybridized carbons (Fsp3) is 0.468. The summed E-state index contributed by atoms with van der Waals surface area (Å²) >= 11 is 12.7. The Morgan fingerprint density at radius 3 is 2.16 bits per heavy atom. The van der Waals surface area contributed by atoms with Gasteiger partial charge >= 0.3 is 0 Å². The summed E-state index contributed by atoms with van der Waals surface area (Å²) in [6.45, 7) is 4.82. The molecule has 13 nitrogen and oxygen atoms in total. The summed E-state index contributed by atoms with van der Waals surface area (Å²) in [6, 6.07) is 18.0. The van der Waals surface area contributed by atoms with Gasteiger partial charge in [0.1, 0.15) is 17.3 Å². The highest BCUT2D eigenvalue weighted by Gasteiger charge is 2.38. The minimum Gasteiger partial charge on any atom is -0.457 e. The van der Waals surface area contributed by atoms with E-state index < -0.39 is 30.0 Å². The van der Waals surface area contributed by atoms with Crippen LogP contribution in [0.3, 0.4) is 0 Å². The monoisotopic (exact) mass is 923 g/mol. The third kappa shape index (κ3) is 12.4. The van der Waals surface area contributed by atoms with Crippen molar-refractivity contribution < 1.29 is 28.7 Å². The summed E-state index contributed by atoms with van der Waals surface area (Å²) < 4.78 is 14.1. The second kappa shape index (κ2) is 22.4. The van der Waals surface area contributed by atoms with Gasteiger partial charge in [0.05, 0.1) is 62.1 Å². The molecule has 63 heavy (non-hydrogen) atoms. The highest BCUT2D eigenvalue weighted by atomic mass is 35.5. The second-order valence-electron chi connectivity index (χ2n) is 16.8. The number of hydrogen-bond donors (Lipinski definition) is 0. The van der Waals surface area contributed by atoms with Gasteiger partial charge in [0.25, 0.3) is 0 Å². The molecular formula is C47H60Cl3N7O6. The molecule has 2 aliphatic rings. The molecule has 3 heterocycles. The molecule has 4 atom stereocenters. The van der Waals surface area contributed by atoms with Gasteiger partial charge in [-0.15, -0.1) is 12.4 Å². The van der Waals surface area contributed by atoms with Crippen LogP contribution in [-0.2, 0) is 50.5 Å². The van der Waals surface area contributed by atoms with Crippen molar-refractivity contribution in [1.29, 1.82) is 0 Å². The molecule has 0 N–H and O–H groups in total. The first-order valence-electron chi connectivity index (χ1n) is 21.2. The van der Waals surface area contributed by atoms with Gasteiger partial charge in [0.2, 0.25) is 17.7 Å². The number of carbonyl (C=O) groups excluding carboxylic acids is 4. The Morgan fingerprint density at radius 2 is 1.51 bits per heavy atom. The number of nitrogens with zero attached hydrogens (tertiary/aromatic N) is 7. The normalized spacial score (nSPS) is 21.0. The maximum absolute atomic E-state index is 14.6. The predicted molar refractivity (Wildman–Crippen MR) is 248 cm³/mol. The molecule has 0 saturated carbocycles. The van der Waals surface area contributed by atoms with E-state index in [0.717, 1.165) is 42.3 Å². The molecule has 340 valence electrons. The smallest absolute Gasteiger partial charge is 0.240 e. The molecule has 2 saturated heterocycles. The largest absolute Gasteiger partial charge is 0.457 e. The van der Waals surface area contributed by atoms with Crippen molar-refractivity contribution in [3.63, 3.8) is 0 Å². The van der Waals surface area contributed by atoms with Gasteiger partial charge < -0.3 is 28.7 Å². The minimum atomic E-state index is -0.972. The number of methoxy groups -OCH3 is 1. The maximum atomic E-state index is 14.6. The standard InChI is InChI=1S/C47H59Cl2N7O6.ClH/c1-31-42(57)23-35(30-61-7)46(59)53(5)38(22-32-10-15-36(48)16-11-32)28-52(4)47(60)40(51(2)3)25-45(58)56(31)27-34-12-17-37(49)24-43(34)62-39-18-13-33(14-19-39)41-26-50-44(54(41)6)29-55-20-8-9-21-55;/h10-19,24,26,31,35,38,40H,8-9,20-23,25,27-30H2,1-7H3;1H/t31-,35-,38+,40+;/m0./s1. The number of Topliss-reactive ketones (excluding diaryl/α,β-unsaturated/α-hetero) is 1. The zero-order valence-corrected chi connectivity index (χ0v) is 39.6. The maximum Gasteiger partial charge on any atom is 0.240 e. The fourth-order valence-electron chi connectivity index (χ4n) is 8.33. The molecule has 0 radical (unpaired) electrons. The first kappa shape index (κ1) is 49.5. The second-order valence-corrected chi connectivity index (χ2v) is 17.7. The lowest BCUT2D eigenvalue weighted by atomic mass is 9.95. The van der Waals surface area contributed by atoms with E-state index in [4.69, 9.17) is 37.7 Å². The lowest BCUT2D eigenvalue weighted by Crippen LogP contribution is -2.54. The van der Waals surface area contributed by atoms with E-state index in [1.807, 2.05) is 49.6 Å². The van der Waals surface area contributed by atoms with Crippen LogP contribution in [0.5, 0.6) is 11.5 Å². The average Bonchev–Trinajstić information content (AvgIpc) is 3.91. The van der Waals surface area contributed by atoms with Crippen LogP contribution in [0.25, 0.3) is 11.3 Å². The predicted octanol–water partition coefficient (Wildman–Crippen LogP) is 7.00. The SMILES string of the molecule is COC[C@@H]1CC(=O)[C@H](C)N(Cc2ccc(Cl)cc2Oc2ccc(-c3cnc(CN4CCCC4)n3C)cc2)C(=O)C[C@@H](N(C)C)C(=O)N(C)C[C@@H](Cc2ccc(Cl)cc2)N(C)C1=O.Cl. The zero-order chi connectivity index (χ0) is 44.7. The van der Waals surface area contributed by atoms with Crippen molar-refractivity contribution in [2.75, 3.05) is 61.5 Å². The Labute approximate surface area is 387 Å². The number of hydrogen-bond acceptors (Lipinski definition) is 9. The first-order chi connectivity index (χ1) is 29.6. The highest BCUT2D eigenvalue weighted by molar-refractivity contribution is 6.31. The number of aromatic nitrogens is 2.